The van der Waals surface area contributed by atoms with Crippen LogP contribution in [-0.4, -0.2) is 36.1 Å². The van der Waals surface area contributed by atoms with Gasteiger partial charge in [-0.25, -0.2) is 0 Å². The molecule has 0 atom stereocenters. The molecule has 0 aromatic rings. The van der Waals surface area contributed by atoms with Gasteiger partial charge in [-0.1, -0.05) is 0 Å². The molecule has 6 N–H and O–H groups in total. The smallest absolute Gasteiger partial charge is 0.320 e. The van der Waals surface area contributed by atoms with Crippen molar-refractivity contribution in [2.24, 2.45) is 0 Å². The van der Waals surface area contributed by atoms with Gasteiger partial charge in [-0.3, -0.25) is 9.97 Å². The van der Waals surface area contributed by atoms with Gasteiger partial charge in [0, 0.05) is 0 Å². The summed E-state index contributed by atoms with van der Waals surface area (Å²) in [5.74, 6) is 0. The zero-order valence-corrected chi connectivity index (χ0v) is 7.03. The standard InChI is InChI=1S/C2H7NO6P2/c3-2(11(7,8)9)1-10(4,5)6/h3-6H,1H2,(H-,7,8,9)/p+1. The fourth-order valence-electron chi connectivity index (χ4n) is 0.293. The first-order valence-electron chi connectivity index (χ1n) is 2.33. The molecule has 66 valence electrons. The third-order valence-corrected chi connectivity index (χ3v) is 2.56. The molecule has 11 heavy (non-hydrogen) atoms. The third kappa shape index (κ3) is 5.41. The van der Waals surface area contributed by atoms with E-state index >= 15 is 0 Å². The molecule has 0 amide bonds. The van der Waals surface area contributed by atoms with Crippen LogP contribution in [0.25, 0.3) is 0 Å². The van der Waals surface area contributed by atoms with Crippen LogP contribution in [0.1, 0.15) is 0 Å². The molecule has 0 aromatic heterocycles. The molecule has 0 radical (unpaired) electrons. The highest BCUT2D eigenvalue weighted by molar-refractivity contribution is 7.73. The van der Waals surface area contributed by atoms with Gasteiger partial charge < -0.3 is 9.79 Å². The topological polar surface area (TPSA) is 142 Å². The van der Waals surface area contributed by atoms with Crippen LogP contribution in [0.2, 0.25) is 0 Å². The second-order valence-electron chi connectivity index (χ2n) is 1.84. The van der Waals surface area contributed by atoms with E-state index in [1.165, 1.54) is 0 Å². The molecule has 9 heteroatoms. The van der Waals surface area contributed by atoms with E-state index in [1.54, 1.807) is 0 Å². The number of hydrogen-bond donors (Lipinski definition) is 6. The summed E-state index contributed by atoms with van der Waals surface area (Å²) in [5, 5.41) is 6.58. The molecule has 0 bridgehead atoms. The van der Waals surface area contributed by atoms with Gasteiger partial charge in [0.15, 0.2) is 11.6 Å². The van der Waals surface area contributed by atoms with Gasteiger partial charge >= 0.3 is 15.5 Å². The second-order valence-corrected chi connectivity index (χ2v) is 5.17. The van der Waals surface area contributed by atoms with Crippen molar-refractivity contribution in [1.29, 1.82) is 5.41 Å². The Morgan fingerprint density at radius 2 is 1.73 bits per heavy atom. The molecule has 0 unspecified atom stereocenters. The highest BCUT2D eigenvalue weighted by Crippen LogP contribution is 2.49. The summed E-state index contributed by atoms with van der Waals surface area (Å²) < 4.78 is 10.2. The van der Waals surface area contributed by atoms with Gasteiger partial charge in [0.05, 0.1) is 0 Å². The van der Waals surface area contributed by atoms with Crippen LogP contribution < -0.4 is 0 Å². The van der Waals surface area contributed by atoms with Crippen molar-refractivity contribution in [2.45, 2.75) is 0 Å². The summed E-state index contributed by atoms with van der Waals surface area (Å²) >= 11 is 0. The van der Waals surface area contributed by atoms with Gasteiger partial charge in [-0.05, 0) is 0 Å². The van der Waals surface area contributed by atoms with E-state index in [0.29, 0.717) is 0 Å². The Kier molecular flexibility index (Phi) is 3.28. The van der Waals surface area contributed by atoms with Crippen LogP contribution in [0.3, 0.4) is 0 Å². The van der Waals surface area contributed by atoms with Gasteiger partial charge in [0.1, 0.15) is 0 Å². The van der Waals surface area contributed by atoms with Gasteiger partial charge in [-0.15, -0.1) is 0 Å². The first-order valence-corrected chi connectivity index (χ1v) is 5.77. The highest BCUT2D eigenvalue weighted by atomic mass is 31.2. The number of nitrogens with one attached hydrogen (secondary N) is 1. The van der Waals surface area contributed by atoms with Crippen molar-refractivity contribution >= 4 is 21.0 Å². The second kappa shape index (κ2) is 3.25. The van der Waals surface area contributed by atoms with Crippen molar-refractivity contribution in [1.82, 2.24) is 0 Å². The molecule has 0 saturated heterocycles. The largest absolute Gasteiger partial charge is 0.410 e. The maximum Gasteiger partial charge on any atom is 0.410 e. The van der Waals surface area contributed by atoms with E-state index in [2.05, 4.69) is 0 Å². The Hall–Kier alpha value is 0.130. The van der Waals surface area contributed by atoms with Crippen molar-refractivity contribution in [2.75, 3.05) is 6.16 Å². The monoisotopic (exact) mass is 204 g/mol. The van der Waals surface area contributed by atoms with E-state index in [9.17, 15) is 4.57 Å². The highest BCUT2D eigenvalue weighted by Gasteiger charge is 2.38. The molecule has 0 fully saturated rings. The molecular weight excluding hydrogens is 196 g/mol. The summed E-state index contributed by atoms with van der Waals surface area (Å²) in [6, 6.07) is 0. The fraction of sp³-hybridized carbons (Fsp3) is 0.500. The van der Waals surface area contributed by atoms with Crippen LogP contribution in [-0.2, 0) is 4.57 Å². The predicted octanol–water partition coefficient (Wildman–Crippen LogP) is -1.12. The lowest BCUT2D eigenvalue weighted by Gasteiger charge is -2.05. The van der Waals surface area contributed by atoms with Crippen molar-refractivity contribution in [3.8, 4) is 0 Å². The Labute approximate surface area is 62.6 Å². The van der Waals surface area contributed by atoms with Gasteiger partial charge in [0.25, 0.3) is 0 Å². The minimum absolute atomic E-state index is 1.09. The zero-order chi connectivity index (χ0) is 9.28. The first-order chi connectivity index (χ1) is 4.63. The molecule has 7 nitrogen and oxygen atoms in total. The Morgan fingerprint density at radius 3 is 1.82 bits per heavy atom. The average Bonchev–Trinajstić information content (AvgIpc) is 1.56. The molecule has 0 rings (SSSR count). The fourth-order valence-corrected chi connectivity index (χ4v) is 2.00. The summed E-state index contributed by atoms with van der Waals surface area (Å²) in [7, 11) is -9.01. The number of hydrogen-bond acceptors (Lipinski definition) is 5. The minimum Gasteiger partial charge on any atom is -0.320 e. The zero-order valence-electron chi connectivity index (χ0n) is 5.25. The van der Waals surface area contributed by atoms with Crippen LogP contribution >= 0.6 is 15.5 Å². The third-order valence-electron chi connectivity index (χ3n) is 0.714. The lowest BCUT2D eigenvalue weighted by Crippen LogP contribution is -2.08. The van der Waals surface area contributed by atoms with Crippen molar-refractivity contribution in [3.05, 3.63) is 0 Å². The van der Waals surface area contributed by atoms with Crippen LogP contribution in [0.4, 0.5) is 0 Å². The Bertz CT molecular complexity index is 201. The average molecular weight is 204 g/mol. The molecule has 0 aliphatic heterocycles. The van der Waals surface area contributed by atoms with E-state index in [-0.39, 0.29) is 0 Å². The van der Waals surface area contributed by atoms with E-state index in [4.69, 9.17) is 29.9 Å². The molecule has 0 saturated carbocycles. The SMILES string of the molecule is N=C(C[P+](O)(O)O)P(=O)(O)O. The van der Waals surface area contributed by atoms with Gasteiger partial charge in [-0.2, -0.15) is 14.7 Å². The molecule has 0 aromatic carbocycles. The van der Waals surface area contributed by atoms with Crippen molar-refractivity contribution < 1.29 is 29.0 Å². The number of rotatable bonds is 3. The first kappa shape index (κ1) is 11.1. The summed E-state index contributed by atoms with van der Waals surface area (Å²) in [5.41, 5.74) is -1.18. The van der Waals surface area contributed by atoms with Crippen LogP contribution in [0.5, 0.6) is 0 Å². The lowest BCUT2D eigenvalue weighted by molar-refractivity contribution is 0.335. The Balaban J connectivity index is 4.23. The van der Waals surface area contributed by atoms with E-state index in [1.807, 2.05) is 0 Å². The van der Waals surface area contributed by atoms with Gasteiger partial charge in [0.2, 0.25) is 0 Å². The Morgan fingerprint density at radius 1 is 1.36 bits per heavy atom. The molecular formula is C2H8NO6P2+. The summed E-state index contributed by atoms with van der Waals surface area (Å²) in [6.45, 7) is 0. The quantitative estimate of drug-likeness (QED) is 0.254. The van der Waals surface area contributed by atoms with E-state index < -0.39 is 27.2 Å². The molecule has 0 aliphatic rings. The molecule has 0 aliphatic carbocycles. The molecule has 0 heterocycles. The summed E-state index contributed by atoms with van der Waals surface area (Å²) in [4.78, 5) is 41.3. The predicted molar refractivity (Wildman–Crippen MR) is 38.2 cm³/mol. The maximum absolute atomic E-state index is 10.2. The lowest BCUT2D eigenvalue weighted by atomic mass is 10.9. The van der Waals surface area contributed by atoms with Crippen LogP contribution in [0.15, 0.2) is 0 Å². The summed E-state index contributed by atoms with van der Waals surface area (Å²) in [6.07, 6.45) is -1.09. The van der Waals surface area contributed by atoms with E-state index in [0.717, 1.165) is 0 Å². The molecule has 0 spiro atoms. The van der Waals surface area contributed by atoms with Crippen molar-refractivity contribution in [3.63, 3.8) is 0 Å². The minimum atomic E-state index is -4.72. The normalized spacial score (nSPS) is 13.2. The maximum atomic E-state index is 10.2. The van der Waals surface area contributed by atoms with Crippen LogP contribution in [0, 0.1) is 5.41 Å².